The summed E-state index contributed by atoms with van der Waals surface area (Å²) in [5, 5.41) is 0. The fourth-order valence-electron chi connectivity index (χ4n) is 3.32. The maximum absolute atomic E-state index is 11.8. The van der Waals surface area contributed by atoms with E-state index in [4.69, 9.17) is 0 Å². The van der Waals surface area contributed by atoms with Crippen molar-refractivity contribution in [2.75, 3.05) is 19.3 Å². The molecule has 25 heavy (non-hydrogen) atoms. The van der Waals surface area contributed by atoms with E-state index in [1.54, 1.807) is 16.7 Å². The molecule has 4 heterocycles. The fourth-order valence-corrected chi connectivity index (χ4v) is 4.24. The Hall–Kier alpha value is -2.32. The molecular formula is C17H19N5O2S. The van der Waals surface area contributed by atoms with Gasteiger partial charge in [-0.2, -0.15) is 0 Å². The highest BCUT2D eigenvalue weighted by Crippen LogP contribution is 2.28. The highest BCUT2D eigenvalue weighted by atomic mass is 32.2. The molecule has 3 aromatic heterocycles. The number of piperidine rings is 1. The molecule has 0 unspecified atom stereocenters. The molecule has 0 amide bonds. The van der Waals surface area contributed by atoms with Crippen LogP contribution in [-0.2, 0) is 10.0 Å². The van der Waals surface area contributed by atoms with Crippen molar-refractivity contribution in [3.05, 3.63) is 48.7 Å². The number of hydrogen-bond donors (Lipinski definition) is 0. The molecule has 3 aromatic rings. The smallest absolute Gasteiger partial charge is 0.234 e. The van der Waals surface area contributed by atoms with Crippen molar-refractivity contribution in [1.82, 2.24) is 23.7 Å². The van der Waals surface area contributed by atoms with Gasteiger partial charge in [-0.05, 0) is 31.0 Å². The molecule has 0 bridgehead atoms. The SMILES string of the molecule is CS(=O)(=O)N1CCC[C@@H](c2ccc(-c3cnc4ncccn34)cn2)C1. The topological polar surface area (TPSA) is 80.5 Å². The Morgan fingerprint density at radius 3 is 2.80 bits per heavy atom. The molecule has 0 spiro atoms. The van der Waals surface area contributed by atoms with E-state index in [1.807, 2.05) is 35.0 Å². The minimum atomic E-state index is -3.15. The molecule has 1 saturated heterocycles. The summed E-state index contributed by atoms with van der Waals surface area (Å²) >= 11 is 0. The zero-order valence-electron chi connectivity index (χ0n) is 13.9. The number of hydrogen-bond acceptors (Lipinski definition) is 5. The van der Waals surface area contributed by atoms with Gasteiger partial charge in [0.15, 0.2) is 0 Å². The molecule has 0 N–H and O–H groups in total. The van der Waals surface area contributed by atoms with Gasteiger partial charge < -0.3 is 0 Å². The number of nitrogens with zero attached hydrogens (tertiary/aromatic N) is 5. The minimum Gasteiger partial charge on any atom is -0.284 e. The maximum atomic E-state index is 11.8. The summed E-state index contributed by atoms with van der Waals surface area (Å²) in [6.07, 6.45) is 10.3. The summed E-state index contributed by atoms with van der Waals surface area (Å²) in [5.41, 5.74) is 2.83. The van der Waals surface area contributed by atoms with E-state index in [0.717, 1.165) is 29.8 Å². The maximum Gasteiger partial charge on any atom is 0.234 e. The van der Waals surface area contributed by atoms with Crippen molar-refractivity contribution in [3.8, 4) is 11.3 Å². The van der Waals surface area contributed by atoms with Crippen LogP contribution in [0.25, 0.3) is 17.0 Å². The van der Waals surface area contributed by atoms with Crippen molar-refractivity contribution < 1.29 is 8.42 Å². The van der Waals surface area contributed by atoms with Gasteiger partial charge in [-0.15, -0.1) is 0 Å². The predicted octanol–water partition coefficient (Wildman–Crippen LogP) is 1.93. The van der Waals surface area contributed by atoms with Crippen LogP contribution in [0.2, 0.25) is 0 Å². The second-order valence-corrected chi connectivity index (χ2v) is 8.35. The van der Waals surface area contributed by atoms with Gasteiger partial charge in [0.05, 0.1) is 18.1 Å². The van der Waals surface area contributed by atoms with Gasteiger partial charge in [-0.1, -0.05) is 0 Å². The molecule has 1 aliphatic heterocycles. The first-order valence-electron chi connectivity index (χ1n) is 8.22. The molecule has 7 nitrogen and oxygen atoms in total. The second kappa shape index (κ2) is 6.20. The summed E-state index contributed by atoms with van der Waals surface area (Å²) in [6.45, 7) is 1.10. The number of pyridine rings is 1. The normalized spacial score (nSPS) is 19.3. The molecule has 1 atom stereocenters. The summed E-state index contributed by atoms with van der Waals surface area (Å²) in [4.78, 5) is 13.1. The van der Waals surface area contributed by atoms with Crippen LogP contribution < -0.4 is 0 Å². The number of imidazole rings is 1. The van der Waals surface area contributed by atoms with Crippen molar-refractivity contribution in [1.29, 1.82) is 0 Å². The number of rotatable bonds is 3. The summed E-state index contributed by atoms with van der Waals surface area (Å²) < 4.78 is 27.0. The van der Waals surface area contributed by atoms with Crippen molar-refractivity contribution in [2.45, 2.75) is 18.8 Å². The summed E-state index contributed by atoms with van der Waals surface area (Å²) in [5.74, 6) is 0.791. The molecule has 130 valence electrons. The standard InChI is InChI=1S/C17H19N5O2S/c1-25(23,24)21-8-2-4-14(12-21)15-6-5-13(10-19-15)16-11-20-17-18-7-3-9-22(16)17/h3,5-7,9-11,14H,2,4,8,12H2,1H3/t14-/m1/s1. The summed E-state index contributed by atoms with van der Waals surface area (Å²) in [6, 6.07) is 5.86. The Balaban J connectivity index is 1.60. The van der Waals surface area contributed by atoms with E-state index in [9.17, 15) is 8.42 Å². The molecule has 8 heteroatoms. The molecular weight excluding hydrogens is 338 g/mol. The average Bonchev–Trinajstić information content (AvgIpc) is 3.05. The third kappa shape index (κ3) is 3.14. The molecule has 0 radical (unpaired) electrons. The Morgan fingerprint density at radius 1 is 1.16 bits per heavy atom. The molecule has 0 saturated carbocycles. The third-order valence-electron chi connectivity index (χ3n) is 4.64. The quantitative estimate of drug-likeness (QED) is 0.715. The zero-order chi connectivity index (χ0) is 17.4. The van der Waals surface area contributed by atoms with Crippen LogP contribution >= 0.6 is 0 Å². The van der Waals surface area contributed by atoms with Crippen LogP contribution in [0.5, 0.6) is 0 Å². The predicted molar refractivity (Wildman–Crippen MR) is 94.6 cm³/mol. The van der Waals surface area contributed by atoms with E-state index >= 15 is 0 Å². The van der Waals surface area contributed by atoms with E-state index in [2.05, 4.69) is 15.0 Å². The van der Waals surface area contributed by atoms with Crippen LogP contribution in [0.3, 0.4) is 0 Å². The largest absolute Gasteiger partial charge is 0.284 e. The lowest BCUT2D eigenvalue weighted by molar-refractivity contribution is 0.314. The van der Waals surface area contributed by atoms with Gasteiger partial charge in [-0.25, -0.2) is 22.7 Å². The second-order valence-electron chi connectivity index (χ2n) is 6.37. The minimum absolute atomic E-state index is 0.140. The van der Waals surface area contributed by atoms with Gasteiger partial charge in [0.25, 0.3) is 0 Å². The Bertz CT molecular complexity index is 997. The van der Waals surface area contributed by atoms with Crippen LogP contribution in [0.1, 0.15) is 24.5 Å². The average molecular weight is 357 g/mol. The Kier molecular flexibility index (Phi) is 4.01. The van der Waals surface area contributed by atoms with Crippen LogP contribution in [0, 0.1) is 0 Å². The molecule has 4 rings (SSSR count). The lowest BCUT2D eigenvalue weighted by atomic mass is 9.95. The Morgan fingerprint density at radius 2 is 2.04 bits per heavy atom. The lowest BCUT2D eigenvalue weighted by Crippen LogP contribution is -2.38. The van der Waals surface area contributed by atoms with E-state index in [1.165, 1.54) is 6.26 Å². The fraction of sp³-hybridized carbons (Fsp3) is 0.353. The number of fused-ring (bicyclic) bond motifs is 1. The van der Waals surface area contributed by atoms with Crippen LogP contribution in [0.4, 0.5) is 0 Å². The van der Waals surface area contributed by atoms with Crippen molar-refractivity contribution in [3.63, 3.8) is 0 Å². The zero-order valence-corrected chi connectivity index (χ0v) is 14.7. The van der Waals surface area contributed by atoms with Crippen molar-refractivity contribution in [2.24, 2.45) is 0 Å². The Labute approximate surface area is 146 Å². The van der Waals surface area contributed by atoms with Gasteiger partial charge in [-0.3, -0.25) is 9.38 Å². The first-order chi connectivity index (χ1) is 12.0. The molecule has 1 fully saturated rings. The number of aromatic nitrogens is 4. The van der Waals surface area contributed by atoms with E-state index < -0.39 is 10.0 Å². The van der Waals surface area contributed by atoms with Gasteiger partial charge >= 0.3 is 0 Å². The first-order valence-corrected chi connectivity index (χ1v) is 10.1. The summed E-state index contributed by atoms with van der Waals surface area (Å²) in [7, 11) is -3.15. The van der Waals surface area contributed by atoms with Crippen LogP contribution in [0.15, 0.2) is 43.0 Å². The lowest BCUT2D eigenvalue weighted by Gasteiger charge is -2.30. The molecule has 0 aromatic carbocycles. The molecule has 1 aliphatic rings. The van der Waals surface area contributed by atoms with E-state index in [-0.39, 0.29) is 5.92 Å². The van der Waals surface area contributed by atoms with Gasteiger partial charge in [0.2, 0.25) is 15.8 Å². The highest BCUT2D eigenvalue weighted by Gasteiger charge is 2.27. The monoisotopic (exact) mass is 357 g/mol. The third-order valence-corrected chi connectivity index (χ3v) is 5.91. The van der Waals surface area contributed by atoms with Crippen molar-refractivity contribution >= 4 is 15.8 Å². The van der Waals surface area contributed by atoms with E-state index in [0.29, 0.717) is 18.9 Å². The van der Waals surface area contributed by atoms with Crippen LogP contribution in [-0.4, -0.2) is 51.4 Å². The van der Waals surface area contributed by atoms with Gasteiger partial charge in [0, 0.05) is 48.9 Å². The van der Waals surface area contributed by atoms with Gasteiger partial charge in [0.1, 0.15) is 0 Å². The first kappa shape index (κ1) is 16.2. The molecule has 0 aliphatic carbocycles. The number of sulfonamides is 1. The highest BCUT2D eigenvalue weighted by molar-refractivity contribution is 7.88.